The molecule has 0 bridgehead atoms. The van der Waals surface area contributed by atoms with E-state index in [0.717, 1.165) is 11.3 Å². The van der Waals surface area contributed by atoms with Crippen LogP contribution in [-0.2, 0) is 0 Å². The van der Waals surface area contributed by atoms with Crippen LogP contribution in [0, 0.1) is 0 Å². The first-order valence-electron chi connectivity index (χ1n) is 4.35. The van der Waals surface area contributed by atoms with E-state index in [2.05, 4.69) is 11.6 Å². The van der Waals surface area contributed by atoms with Gasteiger partial charge in [-0.1, -0.05) is 54.6 Å². The molecule has 0 saturated heterocycles. The maximum atomic E-state index is 5.64. The van der Waals surface area contributed by atoms with E-state index in [1.165, 1.54) is 0 Å². The van der Waals surface area contributed by atoms with E-state index in [9.17, 15) is 0 Å². The summed E-state index contributed by atoms with van der Waals surface area (Å²) in [4.78, 5) is 4.14. The van der Waals surface area contributed by atoms with Gasteiger partial charge in [-0.25, -0.2) is 4.99 Å². The average molecular weight is 206 g/mol. The van der Waals surface area contributed by atoms with Crippen LogP contribution in [-0.4, -0.2) is 5.71 Å². The molecule has 0 heterocycles. The summed E-state index contributed by atoms with van der Waals surface area (Å²) in [7, 11) is 0. The minimum Gasteiger partial charge on any atom is -0.237 e. The lowest BCUT2D eigenvalue weighted by Gasteiger charge is -2.00. The third kappa shape index (κ3) is 3.19. The Kier molecular flexibility index (Phi) is 4.14. The first kappa shape index (κ1) is 10.7. The Morgan fingerprint density at radius 1 is 1.36 bits per heavy atom. The van der Waals surface area contributed by atoms with Crippen molar-refractivity contribution in [3.63, 3.8) is 0 Å². The van der Waals surface area contributed by atoms with Crippen molar-refractivity contribution in [3.05, 3.63) is 59.8 Å². The fraction of sp³-hybridized carbons (Fsp3) is 0.0833. The molecular formula is C12H12ClN. The maximum Gasteiger partial charge on any atom is 0.122 e. The molecule has 1 aromatic rings. The monoisotopic (exact) mass is 205 g/mol. The molecule has 0 unspecified atom stereocenters. The predicted molar refractivity (Wildman–Crippen MR) is 62.8 cm³/mol. The van der Waals surface area contributed by atoms with Gasteiger partial charge in [0.15, 0.2) is 0 Å². The minimum absolute atomic E-state index is 0.293. The fourth-order valence-corrected chi connectivity index (χ4v) is 1.19. The molecule has 0 spiro atoms. The molecule has 0 radical (unpaired) electrons. The zero-order valence-corrected chi connectivity index (χ0v) is 8.83. The highest BCUT2D eigenvalue weighted by Gasteiger charge is 1.97. The highest BCUT2D eigenvalue weighted by Crippen LogP contribution is 2.07. The molecule has 72 valence electrons. The van der Waals surface area contributed by atoms with E-state index in [1.807, 2.05) is 49.4 Å². The lowest BCUT2D eigenvalue weighted by Crippen LogP contribution is -1.95. The SMILES string of the molecule is C=C(Cl)N=C(/C=C\C)c1ccccc1. The number of benzene rings is 1. The summed E-state index contributed by atoms with van der Waals surface area (Å²) in [6.07, 6.45) is 3.83. The molecule has 1 nitrogen and oxygen atoms in total. The Bertz CT molecular complexity index is 363. The number of aliphatic imine (C=N–C) groups is 1. The molecule has 0 N–H and O–H groups in total. The largest absolute Gasteiger partial charge is 0.237 e. The summed E-state index contributed by atoms with van der Waals surface area (Å²) in [5.41, 5.74) is 1.86. The molecule has 0 fully saturated rings. The zero-order chi connectivity index (χ0) is 10.4. The van der Waals surface area contributed by atoms with Crippen LogP contribution in [0.25, 0.3) is 0 Å². The van der Waals surface area contributed by atoms with Gasteiger partial charge in [-0.15, -0.1) is 0 Å². The van der Waals surface area contributed by atoms with Gasteiger partial charge in [-0.3, -0.25) is 0 Å². The summed E-state index contributed by atoms with van der Waals surface area (Å²) in [5, 5.41) is 0.293. The lowest BCUT2D eigenvalue weighted by molar-refractivity contribution is 1.50. The van der Waals surface area contributed by atoms with Gasteiger partial charge in [0.25, 0.3) is 0 Å². The van der Waals surface area contributed by atoms with Gasteiger partial charge >= 0.3 is 0 Å². The van der Waals surface area contributed by atoms with Gasteiger partial charge < -0.3 is 0 Å². The van der Waals surface area contributed by atoms with Gasteiger partial charge in [0.05, 0.1) is 5.71 Å². The molecule has 1 aromatic carbocycles. The molecule has 0 saturated carbocycles. The summed E-state index contributed by atoms with van der Waals surface area (Å²) in [6.45, 7) is 5.49. The minimum atomic E-state index is 0.293. The van der Waals surface area contributed by atoms with Crippen molar-refractivity contribution < 1.29 is 0 Å². The second-order valence-electron chi connectivity index (χ2n) is 2.74. The van der Waals surface area contributed by atoms with Crippen LogP contribution in [0.15, 0.2) is 59.2 Å². The first-order chi connectivity index (χ1) is 6.74. The standard InChI is InChI=1S/C12H12ClN/c1-3-7-12(14-10(2)13)11-8-5-4-6-9-11/h3-9H,2H2,1H3/b7-3-,14-12?. The Labute approximate surface area is 89.4 Å². The second-order valence-corrected chi connectivity index (χ2v) is 3.18. The van der Waals surface area contributed by atoms with Crippen molar-refractivity contribution in [1.82, 2.24) is 0 Å². The third-order valence-electron chi connectivity index (χ3n) is 1.64. The van der Waals surface area contributed by atoms with Gasteiger partial charge in [-0.05, 0) is 13.0 Å². The van der Waals surface area contributed by atoms with E-state index < -0.39 is 0 Å². The van der Waals surface area contributed by atoms with E-state index >= 15 is 0 Å². The topological polar surface area (TPSA) is 12.4 Å². The molecule has 14 heavy (non-hydrogen) atoms. The van der Waals surface area contributed by atoms with Crippen molar-refractivity contribution in [3.8, 4) is 0 Å². The Balaban J connectivity index is 3.07. The molecular weight excluding hydrogens is 194 g/mol. The number of halogens is 1. The number of hydrogen-bond donors (Lipinski definition) is 0. The summed E-state index contributed by atoms with van der Waals surface area (Å²) >= 11 is 5.64. The maximum absolute atomic E-state index is 5.64. The van der Waals surface area contributed by atoms with Crippen molar-refractivity contribution in [2.75, 3.05) is 0 Å². The van der Waals surface area contributed by atoms with Gasteiger partial charge in [0.2, 0.25) is 0 Å². The normalized spacial score (nSPS) is 12.0. The molecule has 2 heteroatoms. The Hall–Kier alpha value is -1.34. The van der Waals surface area contributed by atoms with Crippen molar-refractivity contribution in [2.45, 2.75) is 6.92 Å². The van der Waals surface area contributed by atoms with E-state index in [-0.39, 0.29) is 0 Å². The van der Waals surface area contributed by atoms with E-state index in [4.69, 9.17) is 11.6 Å². The predicted octanol–water partition coefficient (Wildman–Crippen LogP) is 3.76. The average Bonchev–Trinajstić information content (AvgIpc) is 2.18. The zero-order valence-electron chi connectivity index (χ0n) is 8.07. The Morgan fingerprint density at radius 3 is 2.50 bits per heavy atom. The van der Waals surface area contributed by atoms with Crippen LogP contribution in [0.4, 0.5) is 0 Å². The summed E-state index contributed by atoms with van der Waals surface area (Å²) in [5.74, 6) is 0. The summed E-state index contributed by atoms with van der Waals surface area (Å²) < 4.78 is 0. The van der Waals surface area contributed by atoms with Crippen LogP contribution in [0.2, 0.25) is 0 Å². The molecule has 0 aliphatic rings. The van der Waals surface area contributed by atoms with Crippen LogP contribution < -0.4 is 0 Å². The summed E-state index contributed by atoms with van der Waals surface area (Å²) in [6, 6.07) is 9.86. The quantitative estimate of drug-likeness (QED) is 0.526. The van der Waals surface area contributed by atoms with Gasteiger partial charge in [0, 0.05) is 5.56 Å². The molecule has 0 aromatic heterocycles. The van der Waals surface area contributed by atoms with Gasteiger partial charge in [-0.2, -0.15) is 0 Å². The number of nitrogens with zero attached hydrogens (tertiary/aromatic N) is 1. The fourth-order valence-electron chi connectivity index (χ4n) is 1.10. The van der Waals surface area contributed by atoms with E-state index in [0.29, 0.717) is 5.16 Å². The molecule has 1 rings (SSSR count). The number of rotatable bonds is 3. The smallest absolute Gasteiger partial charge is 0.122 e. The van der Waals surface area contributed by atoms with Crippen LogP contribution >= 0.6 is 11.6 Å². The Morgan fingerprint density at radius 2 is 2.00 bits per heavy atom. The van der Waals surface area contributed by atoms with Gasteiger partial charge in [0.1, 0.15) is 5.16 Å². The first-order valence-corrected chi connectivity index (χ1v) is 4.73. The highest BCUT2D eigenvalue weighted by molar-refractivity contribution is 6.30. The molecule has 0 amide bonds. The molecule has 0 aliphatic carbocycles. The highest BCUT2D eigenvalue weighted by atomic mass is 35.5. The number of hydrogen-bond acceptors (Lipinski definition) is 1. The lowest BCUT2D eigenvalue weighted by atomic mass is 10.1. The molecule has 0 aliphatic heterocycles. The van der Waals surface area contributed by atoms with Crippen molar-refractivity contribution >= 4 is 17.3 Å². The third-order valence-corrected chi connectivity index (χ3v) is 1.72. The number of allylic oxidation sites excluding steroid dienone is 2. The van der Waals surface area contributed by atoms with Crippen LogP contribution in [0.3, 0.4) is 0 Å². The van der Waals surface area contributed by atoms with Crippen LogP contribution in [0.5, 0.6) is 0 Å². The van der Waals surface area contributed by atoms with Crippen molar-refractivity contribution in [1.29, 1.82) is 0 Å². The second kappa shape index (κ2) is 5.40. The molecule has 0 atom stereocenters. The van der Waals surface area contributed by atoms with E-state index in [1.54, 1.807) is 0 Å². The van der Waals surface area contributed by atoms with Crippen LogP contribution in [0.1, 0.15) is 12.5 Å². The van der Waals surface area contributed by atoms with Crippen molar-refractivity contribution in [2.24, 2.45) is 4.99 Å².